The molecule has 1 saturated heterocycles. The predicted octanol–water partition coefficient (Wildman–Crippen LogP) is 3.12. The normalized spacial score (nSPS) is 20.4. The van der Waals surface area contributed by atoms with Crippen LogP contribution in [0.5, 0.6) is 0 Å². The van der Waals surface area contributed by atoms with Gasteiger partial charge in [0.2, 0.25) is 5.91 Å². The summed E-state index contributed by atoms with van der Waals surface area (Å²) in [5, 5.41) is 5.22. The van der Waals surface area contributed by atoms with Crippen molar-refractivity contribution in [3.63, 3.8) is 0 Å². The summed E-state index contributed by atoms with van der Waals surface area (Å²) in [6, 6.07) is 13.2. The molecule has 0 spiro atoms. The van der Waals surface area contributed by atoms with Gasteiger partial charge >= 0.3 is 0 Å². The molecule has 0 saturated carbocycles. The van der Waals surface area contributed by atoms with Gasteiger partial charge in [-0.1, -0.05) is 41.9 Å². The fourth-order valence-corrected chi connectivity index (χ4v) is 3.88. The number of nitrogens with zero attached hydrogens (tertiary/aromatic N) is 2. The molecule has 2 unspecified atom stereocenters. The largest absolute Gasteiger partial charge is 0.352 e. The second-order valence-corrected chi connectivity index (χ2v) is 7.75. The number of fused-ring (bicyclic) bond motifs is 1. The van der Waals surface area contributed by atoms with Crippen molar-refractivity contribution in [1.29, 1.82) is 0 Å². The standard InChI is InChI=1S/C22H22ClFN4O2/c23-18-4-2-1-3-16(18)14-25-21(29)9-10-27-11-12-28-20(22(27)30)13-19(26-28)15-5-7-17(24)8-6-15/h1-8,11-12,19-20,26H,9-10,13-14H2,(H,25,29). The van der Waals surface area contributed by atoms with E-state index in [1.807, 2.05) is 18.2 Å². The predicted molar refractivity (Wildman–Crippen MR) is 111 cm³/mol. The molecular formula is C22H22ClFN4O2. The smallest absolute Gasteiger partial charge is 0.250 e. The third-order valence-electron chi connectivity index (χ3n) is 5.36. The molecule has 2 aromatic rings. The van der Waals surface area contributed by atoms with Crippen molar-refractivity contribution < 1.29 is 14.0 Å². The Balaban J connectivity index is 1.29. The lowest BCUT2D eigenvalue weighted by atomic mass is 10.0. The number of rotatable bonds is 6. The number of carbonyl (C=O) groups excluding carboxylic acids is 2. The van der Waals surface area contributed by atoms with Crippen LogP contribution in [-0.2, 0) is 16.1 Å². The van der Waals surface area contributed by atoms with Gasteiger partial charge in [0.25, 0.3) is 5.91 Å². The van der Waals surface area contributed by atoms with Crippen molar-refractivity contribution >= 4 is 23.4 Å². The highest BCUT2D eigenvalue weighted by Gasteiger charge is 2.39. The Morgan fingerprint density at radius 3 is 2.70 bits per heavy atom. The van der Waals surface area contributed by atoms with E-state index >= 15 is 0 Å². The first kappa shape index (κ1) is 20.4. The lowest BCUT2D eigenvalue weighted by molar-refractivity contribution is -0.134. The molecule has 2 aliphatic heterocycles. The van der Waals surface area contributed by atoms with Crippen LogP contribution in [0.4, 0.5) is 4.39 Å². The van der Waals surface area contributed by atoms with Gasteiger partial charge in [-0.25, -0.2) is 9.82 Å². The van der Waals surface area contributed by atoms with Gasteiger partial charge in [-0.3, -0.25) is 9.59 Å². The van der Waals surface area contributed by atoms with Crippen molar-refractivity contribution in [2.45, 2.75) is 31.5 Å². The van der Waals surface area contributed by atoms with Gasteiger partial charge in [0.15, 0.2) is 0 Å². The monoisotopic (exact) mass is 428 g/mol. The molecule has 6 nitrogen and oxygen atoms in total. The summed E-state index contributed by atoms with van der Waals surface area (Å²) >= 11 is 6.10. The number of amides is 2. The van der Waals surface area contributed by atoms with Gasteiger partial charge in [-0.2, -0.15) is 0 Å². The maximum Gasteiger partial charge on any atom is 0.250 e. The van der Waals surface area contributed by atoms with Crippen LogP contribution in [0, 0.1) is 5.82 Å². The Bertz CT molecular complexity index is 966. The number of halogens is 2. The summed E-state index contributed by atoms with van der Waals surface area (Å²) in [4.78, 5) is 26.6. The van der Waals surface area contributed by atoms with Crippen molar-refractivity contribution in [1.82, 2.24) is 20.7 Å². The van der Waals surface area contributed by atoms with Crippen molar-refractivity contribution in [2.24, 2.45) is 0 Å². The molecule has 0 radical (unpaired) electrons. The Morgan fingerprint density at radius 2 is 1.93 bits per heavy atom. The Kier molecular flexibility index (Phi) is 6.01. The highest BCUT2D eigenvalue weighted by atomic mass is 35.5. The van der Waals surface area contributed by atoms with Crippen LogP contribution >= 0.6 is 11.6 Å². The highest BCUT2D eigenvalue weighted by Crippen LogP contribution is 2.30. The summed E-state index contributed by atoms with van der Waals surface area (Å²) in [6.45, 7) is 0.650. The maximum atomic E-state index is 13.2. The van der Waals surface area contributed by atoms with Crippen LogP contribution in [0.3, 0.4) is 0 Å². The molecule has 2 N–H and O–H groups in total. The molecule has 2 aromatic carbocycles. The zero-order valence-electron chi connectivity index (χ0n) is 16.2. The number of nitrogens with one attached hydrogen (secondary N) is 2. The van der Waals surface area contributed by atoms with E-state index in [0.29, 0.717) is 24.5 Å². The van der Waals surface area contributed by atoms with Crippen LogP contribution < -0.4 is 10.7 Å². The minimum atomic E-state index is -0.351. The first-order chi connectivity index (χ1) is 14.5. The number of hydrogen-bond acceptors (Lipinski definition) is 4. The topological polar surface area (TPSA) is 64.7 Å². The van der Waals surface area contributed by atoms with E-state index in [-0.39, 0.29) is 36.1 Å². The van der Waals surface area contributed by atoms with Crippen LogP contribution in [0.1, 0.15) is 30.0 Å². The third-order valence-corrected chi connectivity index (χ3v) is 5.73. The van der Waals surface area contributed by atoms with E-state index in [9.17, 15) is 14.0 Å². The fourth-order valence-electron chi connectivity index (χ4n) is 3.68. The van der Waals surface area contributed by atoms with Crippen molar-refractivity contribution in [3.05, 3.63) is 82.9 Å². The van der Waals surface area contributed by atoms with Crippen molar-refractivity contribution in [3.8, 4) is 0 Å². The van der Waals surface area contributed by atoms with Gasteiger partial charge in [0.05, 0.1) is 6.04 Å². The van der Waals surface area contributed by atoms with Crippen LogP contribution in [0.15, 0.2) is 60.9 Å². The van der Waals surface area contributed by atoms with Crippen LogP contribution in [0.2, 0.25) is 5.02 Å². The minimum absolute atomic E-state index is 0.0616. The Labute approximate surface area is 179 Å². The molecule has 1 fully saturated rings. The summed E-state index contributed by atoms with van der Waals surface area (Å²) in [5.41, 5.74) is 5.05. The van der Waals surface area contributed by atoms with Crippen LogP contribution in [-0.4, -0.2) is 34.3 Å². The molecule has 2 amide bonds. The maximum absolute atomic E-state index is 13.2. The SMILES string of the molecule is O=C(CCN1C=CN2NC(c3ccc(F)cc3)CC2C1=O)NCc1ccccc1Cl. The molecule has 2 aliphatic rings. The molecule has 156 valence electrons. The Hall–Kier alpha value is -2.90. The molecule has 30 heavy (non-hydrogen) atoms. The number of hydrogen-bond donors (Lipinski definition) is 2. The van der Waals surface area contributed by atoms with Gasteiger partial charge < -0.3 is 15.2 Å². The van der Waals surface area contributed by atoms with Crippen molar-refractivity contribution in [2.75, 3.05) is 6.54 Å². The molecule has 2 heterocycles. The van der Waals surface area contributed by atoms with Gasteiger partial charge in [-0.05, 0) is 35.7 Å². The van der Waals surface area contributed by atoms with Gasteiger partial charge in [0, 0.05) is 36.9 Å². The highest BCUT2D eigenvalue weighted by molar-refractivity contribution is 6.31. The molecule has 4 rings (SSSR count). The minimum Gasteiger partial charge on any atom is -0.352 e. The molecule has 2 atom stereocenters. The summed E-state index contributed by atoms with van der Waals surface area (Å²) < 4.78 is 13.2. The lowest BCUT2D eigenvalue weighted by Gasteiger charge is -2.31. The van der Waals surface area contributed by atoms with E-state index in [0.717, 1.165) is 11.1 Å². The first-order valence-electron chi connectivity index (χ1n) is 9.80. The average Bonchev–Trinajstić information content (AvgIpc) is 3.18. The second-order valence-electron chi connectivity index (χ2n) is 7.34. The quantitative estimate of drug-likeness (QED) is 0.742. The zero-order valence-corrected chi connectivity index (χ0v) is 17.0. The zero-order chi connectivity index (χ0) is 21.1. The van der Waals surface area contributed by atoms with E-state index in [4.69, 9.17) is 11.6 Å². The number of carbonyl (C=O) groups is 2. The molecule has 0 bridgehead atoms. The van der Waals surface area contributed by atoms with E-state index < -0.39 is 0 Å². The average molecular weight is 429 g/mol. The molecule has 0 aromatic heterocycles. The summed E-state index contributed by atoms with van der Waals surface area (Å²) in [6.07, 6.45) is 4.25. The molecule has 8 heteroatoms. The van der Waals surface area contributed by atoms with Gasteiger partial charge in [-0.15, -0.1) is 0 Å². The van der Waals surface area contributed by atoms with Gasteiger partial charge in [0.1, 0.15) is 11.9 Å². The first-order valence-corrected chi connectivity index (χ1v) is 10.2. The van der Waals surface area contributed by atoms with E-state index in [1.54, 1.807) is 40.5 Å². The van der Waals surface area contributed by atoms with Crippen LogP contribution in [0.25, 0.3) is 0 Å². The van der Waals surface area contributed by atoms with E-state index in [1.165, 1.54) is 12.1 Å². The molecular weight excluding hydrogens is 407 g/mol. The summed E-state index contributed by atoms with van der Waals surface area (Å²) in [5.74, 6) is -0.495. The summed E-state index contributed by atoms with van der Waals surface area (Å²) in [7, 11) is 0. The second kappa shape index (κ2) is 8.85. The third kappa shape index (κ3) is 4.47. The fraction of sp³-hybridized carbons (Fsp3) is 0.273. The number of hydrazine groups is 1. The molecule has 0 aliphatic carbocycles. The Morgan fingerprint density at radius 1 is 1.17 bits per heavy atom. The number of benzene rings is 2. The van der Waals surface area contributed by atoms with E-state index in [2.05, 4.69) is 10.7 Å². The lowest BCUT2D eigenvalue weighted by Crippen LogP contribution is -2.48.